The molecular weight excluding hydrogens is 388 g/mol. The monoisotopic (exact) mass is 406 g/mol. The van der Waals surface area contributed by atoms with Gasteiger partial charge in [0.05, 0.1) is 11.8 Å². The molecule has 0 bridgehead atoms. The van der Waals surface area contributed by atoms with Gasteiger partial charge in [0.2, 0.25) is 5.91 Å². The predicted molar refractivity (Wildman–Crippen MR) is 113 cm³/mol. The Kier molecular flexibility index (Phi) is 7.14. The van der Waals surface area contributed by atoms with E-state index in [0.717, 1.165) is 11.1 Å². The minimum Gasteiger partial charge on any atom is -0.423 e. The van der Waals surface area contributed by atoms with Gasteiger partial charge in [-0.05, 0) is 66.1 Å². The molecule has 0 aliphatic heterocycles. The molecule has 0 fully saturated rings. The highest BCUT2D eigenvalue weighted by Crippen LogP contribution is 2.15. The van der Waals surface area contributed by atoms with E-state index in [-0.39, 0.29) is 5.91 Å². The van der Waals surface area contributed by atoms with Gasteiger partial charge >= 0.3 is 5.97 Å². The summed E-state index contributed by atoms with van der Waals surface area (Å²) in [7, 11) is 0. The standard InChI is InChI=1S/C23H19ClN2O3/c24-20-11-9-19(10-12-20)23(28)29-21-13-6-18(7-14-21)16-25-26-22(27)15-8-17-4-2-1-3-5-17/h1-7,9-14,16H,8,15H2,(H,26,27). The molecule has 3 aromatic rings. The molecule has 5 nitrogen and oxygen atoms in total. The minimum absolute atomic E-state index is 0.154. The van der Waals surface area contributed by atoms with Crippen molar-refractivity contribution in [2.45, 2.75) is 12.8 Å². The first-order valence-electron chi connectivity index (χ1n) is 9.04. The zero-order chi connectivity index (χ0) is 20.5. The summed E-state index contributed by atoms with van der Waals surface area (Å²) in [6.45, 7) is 0. The molecule has 0 spiro atoms. The normalized spacial score (nSPS) is 10.7. The topological polar surface area (TPSA) is 67.8 Å². The van der Waals surface area contributed by atoms with Gasteiger partial charge < -0.3 is 4.74 Å². The third kappa shape index (κ3) is 6.59. The fourth-order valence-corrected chi connectivity index (χ4v) is 2.64. The number of ether oxygens (including phenoxy) is 1. The Morgan fingerprint density at radius 2 is 1.62 bits per heavy atom. The first-order valence-corrected chi connectivity index (χ1v) is 9.41. The summed E-state index contributed by atoms with van der Waals surface area (Å²) >= 11 is 5.81. The Morgan fingerprint density at radius 1 is 0.931 bits per heavy atom. The zero-order valence-corrected chi connectivity index (χ0v) is 16.3. The van der Waals surface area contributed by atoms with E-state index in [9.17, 15) is 9.59 Å². The third-order valence-electron chi connectivity index (χ3n) is 4.06. The number of benzene rings is 3. The number of nitrogens with one attached hydrogen (secondary N) is 1. The van der Waals surface area contributed by atoms with Crippen molar-refractivity contribution in [3.8, 4) is 5.75 Å². The summed E-state index contributed by atoms with van der Waals surface area (Å²) in [6.07, 6.45) is 2.56. The summed E-state index contributed by atoms with van der Waals surface area (Å²) in [6, 6.07) is 23.1. The number of amides is 1. The van der Waals surface area contributed by atoms with Gasteiger partial charge in [0.15, 0.2) is 0 Å². The van der Waals surface area contributed by atoms with Gasteiger partial charge in [-0.2, -0.15) is 5.10 Å². The number of rotatable bonds is 7. The minimum atomic E-state index is -0.464. The molecular formula is C23H19ClN2O3. The van der Waals surface area contributed by atoms with Crippen LogP contribution in [0.2, 0.25) is 5.02 Å². The zero-order valence-electron chi connectivity index (χ0n) is 15.5. The second-order valence-electron chi connectivity index (χ2n) is 6.24. The summed E-state index contributed by atoms with van der Waals surface area (Å²) in [5.74, 6) is -0.207. The Bertz CT molecular complexity index is 985. The van der Waals surface area contributed by atoms with E-state index in [1.807, 2.05) is 30.3 Å². The van der Waals surface area contributed by atoms with E-state index in [2.05, 4.69) is 10.5 Å². The van der Waals surface area contributed by atoms with Gasteiger partial charge in [0.25, 0.3) is 0 Å². The van der Waals surface area contributed by atoms with E-state index in [4.69, 9.17) is 16.3 Å². The molecule has 0 aliphatic carbocycles. The first kappa shape index (κ1) is 20.3. The van der Waals surface area contributed by atoms with Crippen molar-refractivity contribution in [2.75, 3.05) is 0 Å². The molecule has 0 aliphatic rings. The van der Waals surface area contributed by atoms with Crippen LogP contribution in [0.1, 0.15) is 27.9 Å². The molecule has 0 unspecified atom stereocenters. The maximum absolute atomic E-state index is 12.1. The Hall–Kier alpha value is -3.44. The van der Waals surface area contributed by atoms with Crippen LogP contribution in [0.25, 0.3) is 0 Å². The molecule has 0 atom stereocenters. The van der Waals surface area contributed by atoms with E-state index in [1.165, 1.54) is 6.21 Å². The number of hydrazone groups is 1. The summed E-state index contributed by atoms with van der Waals surface area (Å²) < 4.78 is 5.32. The SMILES string of the molecule is O=C(CCc1ccccc1)NN=Cc1ccc(OC(=O)c2ccc(Cl)cc2)cc1. The maximum atomic E-state index is 12.1. The second-order valence-corrected chi connectivity index (χ2v) is 6.68. The lowest BCUT2D eigenvalue weighted by atomic mass is 10.1. The average molecular weight is 407 g/mol. The van der Waals surface area contributed by atoms with Crippen molar-refractivity contribution in [2.24, 2.45) is 5.10 Å². The molecule has 0 heterocycles. The van der Waals surface area contributed by atoms with Crippen molar-refractivity contribution in [1.82, 2.24) is 5.43 Å². The fourth-order valence-electron chi connectivity index (χ4n) is 2.51. The number of carbonyl (C=O) groups excluding carboxylic acids is 2. The largest absolute Gasteiger partial charge is 0.423 e. The lowest BCUT2D eigenvalue weighted by molar-refractivity contribution is -0.121. The van der Waals surface area contributed by atoms with Crippen molar-refractivity contribution in [1.29, 1.82) is 0 Å². The molecule has 3 rings (SSSR count). The van der Waals surface area contributed by atoms with Crippen LogP contribution in [0.3, 0.4) is 0 Å². The molecule has 0 saturated heterocycles. The Labute approximate surface area is 174 Å². The summed E-state index contributed by atoms with van der Waals surface area (Å²) in [5.41, 5.74) is 4.79. The number of carbonyl (C=O) groups is 2. The first-order chi connectivity index (χ1) is 14.1. The number of halogens is 1. The molecule has 0 saturated carbocycles. The van der Waals surface area contributed by atoms with Crippen molar-refractivity contribution >= 4 is 29.7 Å². The number of hydrogen-bond acceptors (Lipinski definition) is 4. The second kappa shape index (κ2) is 10.2. The van der Waals surface area contributed by atoms with Crippen molar-refractivity contribution in [3.63, 3.8) is 0 Å². The van der Waals surface area contributed by atoms with Crippen LogP contribution < -0.4 is 10.2 Å². The Morgan fingerprint density at radius 3 is 2.31 bits per heavy atom. The van der Waals surface area contributed by atoms with Crippen LogP contribution in [-0.4, -0.2) is 18.1 Å². The number of esters is 1. The van der Waals surface area contributed by atoms with Crippen LogP contribution in [0.15, 0.2) is 84.0 Å². The Balaban J connectivity index is 1.46. The van der Waals surface area contributed by atoms with Gasteiger partial charge in [0, 0.05) is 11.4 Å². The summed E-state index contributed by atoms with van der Waals surface area (Å²) in [4.78, 5) is 23.9. The highest BCUT2D eigenvalue weighted by molar-refractivity contribution is 6.30. The molecule has 146 valence electrons. The lowest BCUT2D eigenvalue weighted by Gasteiger charge is -2.05. The molecule has 3 aromatic carbocycles. The van der Waals surface area contributed by atoms with Gasteiger partial charge in [-0.1, -0.05) is 41.9 Å². The smallest absolute Gasteiger partial charge is 0.343 e. The van der Waals surface area contributed by atoms with Gasteiger partial charge in [-0.15, -0.1) is 0 Å². The van der Waals surface area contributed by atoms with Gasteiger partial charge in [-0.25, -0.2) is 10.2 Å². The summed E-state index contributed by atoms with van der Waals surface area (Å²) in [5, 5.41) is 4.51. The van der Waals surface area contributed by atoms with Crippen molar-refractivity contribution in [3.05, 3.63) is 101 Å². The third-order valence-corrected chi connectivity index (χ3v) is 4.31. The molecule has 6 heteroatoms. The van der Waals surface area contributed by atoms with E-state index < -0.39 is 5.97 Å². The van der Waals surface area contributed by atoms with Gasteiger partial charge in [-0.3, -0.25) is 4.79 Å². The van der Waals surface area contributed by atoms with E-state index in [0.29, 0.717) is 29.2 Å². The number of hydrogen-bond donors (Lipinski definition) is 1. The molecule has 0 radical (unpaired) electrons. The van der Waals surface area contributed by atoms with Gasteiger partial charge in [0.1, 0.15) is 5.75 Å². The molecule has 29 heavy (non-hydrogen) atoms. The lowest BCUT2D eigenvalue weighted by Crippen LogP contribution is -2.17. The number of aryl methyl sites for hydroxylation is 1. The van der Waals surface area contributed by atoms with E-state index in [1.54, 1.807) is 48.5 Å². The van der Waals surface area contributed by atoms with Crippen molar-refractivity contribution < 1.29 is 14.3 Å². The quantitative estimate of drug-likeness (QED) is 0.269. The molecule has 1 N–H and O–H groups in total. The highest BCUT2D eigenvalue weighted by Gasteiger charge is 2.08. The van der Waals surface area contributed by atoms with Crippen LogP contribution in [0.5, 0.6) is 5.75 Å². The average Bonchev–Trinajstić information content (AvgIpc) is 2.75. The fraction of sp³-hybridized carbons (Fsp3) is 0.0870. The molecule has 0 aromatic heterocycles. The number of nitrogens with zero attached hydrogens (tertiary/aromatic N) is 1. The van der Waals surface area contributed by atoms with Crippen LogP contribution in [0, 0.1) is 0 Å². The predicted octanol–water partition coefficient (Wildman–Crippen LogP) is 4.64. The molecule has 1 amide bonds. The van der Waals surface area contributed by atoms with E-state index >= 15 is 0 Å². The van der Waals surface area contributed by atoms with Crippen LogP contribution in [-0.2, 0) is 11.2 Å². The maximum Gasteiger partial charge on any atom is 0.343 e. The van der Waals surface area contributed by atoms with Crippen LogP contribution in [0.4, 0.5) is 0 Å². The highest BCUT2D eigenvalue weighted by atomic mass is 35.5. The van der Waals surface area contributed by atoms with Crippen LogP contribution >= 0.6 is 11.6 Å².